The Hall–Kier alpha value is -2.65. The summed E-state index contributed by atoms with van der Waals surface area (Å²) in [6.45, 7) is 16.7. The molecule has 0 spiro atoms. The van der Waals surface area contributed by atoms with Crippen molar-refractivity contribution in [3.05, 3.63) is 29.8 Å². The molecule has 1 aromatic carbocycles. The number of nitrogens with zero attached hydrogens (tertiary/aromatic N) is 4. The van der Waals surface area contributed by atoms with Crippen LogP contribution in [0.4, 0.5) is 5.69 Å². The van der Waals surface area contributed by atoms with Crippen LogP contribution in [0.5, 0.6) is 0 Å². The molecule has 0 saturated carbocycles. The minimum atomic E-state index is -1.82. The van der Waals surface area contributed by atoms with Gasteiger partial charge in [0.15, 0.2) is 0 Å². The molecule has 34 heavy (non-hydrogen) atoms. The quantitative estimate of drug-likeness (QED) is 0.577. The molecule has 1 aromatic rings. The highest BCUT2D eigenvalue weighted by Gasteiger charge is 2.30. The van der Waals surface area contributed by atoms with Gasteiger partial charge in [0.1, 0.15) is 0 Å². The van der Waals surface area contributed by atoms with E-state index in [0.29, 0.717) is 5.91 Å². The third kappa shape index (κ3) is 8.29. The van der Waals surface area contributed by atoms with Gasteiger partial charge in [-0.2, -0.15) is 0 Å². The van der Waals surface area contributed by atoms with E-state index in [4.69, 9.17) is 19.8 Å². The maximum atomic E-state index is 12.9. The maximum Gasteiger partial charge on any atom is 0.414 e. The number of aliphatic carboxylic acids is 2. The Kier molecular flexibility index (Phi) is 11.3. The topological polar surface area (TPSA) is 105 Å². The molecule has 0 aliphatic carbocycles. The number of piperazine rings is 1. The Bertz CT molecular complexity index is 769. The number of carboxylic acids is 2. The van der Waals surface area contributed by atoms with E-state index in [1.54, 1.807) is 0 Å². The van der Waals surface area contributed by atoms with Crippen molar-refractivity contribution in [3.8, 4) is 0 Å². The summed E-state index contributed by atoms with van der Waals surface area (Å²) in [6.07, 6.45) is 2.01. The van der Waals surface area contributed by atoms with Crippen LogP contribution in [0.1, 0.15) is 39.2 Å². The third-order valence-electron chi connectivity index (χ3n) is 6.72. The van der Waals surface area contributed by atoms with Gasteiger partial charge >= 0.3 is 11.9 Å². The lowest BCUT2D eigenvalue weighted by Crippen LogP contribution is -2.51. The van der Waals surface area contributed by atoms with E-state index in [1.165, 1.54) is 11.3 Å². The molecule has 2 aliphatic rings. The molecule has 2 heterocycles. The Morgan fingerprint density at radius 1 is 0.824 bits per heavy atom. The standard InChI is InChI=1S/C23H38N4O.C2H2O4/c1-4-24-15-17-27(18-16-24)23(28)21-11-13-25(14-12-21)19-20-7-9-22(10-8-20)26(5-2)6-3;3-1(4)2(5)6/h7-10,21H,4-6,11-19H2,1-3H3;(H,3,4)(H,5,6). The molecular weight excluding hydrogens is 436 g/mol. The van der Waals surface area contributed by atoms with Crippen LogP contribution in [-0.4, -0.2) is 102 Å². The summed E-state index contributed by atoms with van der Waals surface area (Å²) in [7, 11) is 0. The van der Waals surface area contributed by atoms with Crippen molar-refractivity contribution in [2.24, 2.45) is 5.92 Å². The number of likely N-dealkylation sites (N-methyl/N-ethyl adjacent to an activating group) is 1. The fourth-order valence-electron chi connectivity index (χ4n) is 4.54. The molecule has 0 radical (unpaired) electrons. The molecule has 0 atom stereocenters. The second-order valence-electron chi connectivity index (χ2n) is 8.76. The van der Waals surface area contributed by atoms with Crippen LogP contribution in [0.25, 0.3) is 0 Å². The summed E-state index contributed by atoms with van der Waals surface area (Å²) in [5, 5.41) is 14.8. The van der Waals surface area contributed by atoms with Gasteiger partial charge in [-0.3, -0.25) is 9.69 Å². The zero-order valence-electron chi connectivity index (χ0n) is 20.8. The van der Waals surface area contributed by atoms with Crippen molar-refractivity contribution in [2.75, 3.05) is 63.8 Å². The van der Waals surface area contributed by atoms with Crippen molar-refractivity contribution in [2.45, 2.75) is 40.2 Å². The molecule has 2 saturated heterocycles. The summed E-state index contributed by atoms with van der Waals surface area (Å²) in [5.41, 5.74) is 2.68. The molecule has 190 valence electrons. The normalized spacial score (nSPS) is 17.6. The number of amides is 1. The molecule has 0 bridgehead atoms. The number of carbonyl (C=O) groups excluding carboxylic acids is 1. The van der Waals surface area contributed by atoms with E-state index in [0.717, 1.165) is 78.3 Å². The Labute approximate surface area is 202 Å². The van der Waals surface area contributed by atoms with Gasteiger partial charge in [-0.15, -0.1) is 0 Å². The average molecular weight is 477 g/mol. The molecule has 2 N–H and O–H groups in total. The van der Waals surface area contributed by atoms with Gasteiger partial charge in [-0.05, 0) is 64.0 Å². The minimum absolute atomic E-state index is 0.231. The number of rotatable bonds is 7. The van der Waals surface area contributed by atoms with Crippen LogP contribution in [0.2, 0.25) is 0 Å². The van der Waals surface area contributed by atoms with Crippen LogP contribution >= 0.6 is 0 Å². The van der Waals surface area contributed by atoms with Gasteiger partial charge in [-0.25, -0.2) is 9.59 Å². The first-order chi connectivity index (χ1) is 16.3. The van der Waals surface area contributed by atoms with E-state index < -0.39 is 11.9 Å². The Balaban J connectivity index is 0.000000604. The van der Waals surface area contributed by atoms with Gasteiger partial charge < -0.3 is 24.9 Å². The highest BCUT2D eigenvalue weighted by Crippen LogP contribution is 2.23. The van der Waals surface area contributed by atoms with Gasteiger partial charge in [-0.1, -0.05) is 19.1 Å². The van der Waals surface area contributed by atoms with Crippen molar-refractivity contribution in [1.82, 2.24) is 14.7 Å². The largest absolute Gasteiger partial charge is 0.473 e. The lowest BCUT2D eigenvalue weighted by Gasteiger charge is -2.38. The van der Waals surface area contributed by atoms with Crippen molar-refractivity contribution in [3.63, 3.8) is 0 Å². The second kappa shape index (κ2) is 13.9. The average Bonchev–Trinajstić information content (AvgIpc) is 2.86. The number of piperidine rings is 1. The fraction of sp³-hybridized carbons (Fsp3) is 0.640. The fourth-order valence-corrected chi connectivity index (χ4v) is 4.54. The van der Waals surface area contributed by atoms with Crippen LogP contribution in [0, 0.1) is 5.92 Å². The summed E-state index contributed by atoms with van der Waals surface area (Å²) in [6, 6.07) is 9.01. The zero-order valence-corrected chi connectivity index (χ0v) is 20.8. The smallest absolute Gasteiger partial charge is 0.414 e. The maximum absolute atomic E-state index is 12.9. The molecule has 0 aromatic heterocycles. The number of carbonyl (C=O) groups is 3. The molecule has 1 amide bonds. The summed E-state index contributed by atoms with van der Waals surface area (Å²) >= 11 is 0. The van der Waals surface area contributed by atoms with Gasteiger partial charge in [0, 0.05) is 57.4 Å². The van der Waals surface area contributed by atoms with E-state index in [2.05, 4.69) is 64.6 Å². The number of anilines is 1. The van der Waals surface area contributed by atoms with E-state index in [1.807, 2.05) is 0 Å². The first-order valence-corrected chi connectivity index (χ1v) is 12.3. The summed E-state index contributed by atoms with van der Waals surface area (Å²) in [5.74, 6) is -3.02. The molecule has 9 nitrogen and oxygen atoms in total. The molecule has 9 heteroatoms. The number of likely N-dealkylation sites (tertiary alicyclic amines) is 1. The zero-order chi connectivity index (χ0) is 25.1. The summed E-state index contributed by atoms with van der Waals surface area (Å²) < 4.78 is 0. The number of carboxylic acid groups (broad SMARTS) is 2. The predicted molar refractivity (Wildman–Crippen MR) is 132 cm³/mol. The second-order valence-corrected chi connectivity index (χ2v) is 8.76. The SMILES string of the molecule is CCN1CCN(C(=O)C2CCN(Cc3ccc(N(CC)CC)cc3)CC2)CC1.O=C(O)C(=O)O. The highest BCUT2D eigenvalue weighted by atomic mass is 16.4. The van der Waals surface area contributed by atoms with E-state index in [9.17, 15) is 4.79 Å². The monoisotopic (exact) mass is 476 g/mol. The minimum Gasteiger partial charge on any atom is -0.473 e. The van der Waals surface area contributed by atoms with Crippen LogP contribution in [-0.2, 0) is 20.9 Å². The van der Waals surface area contributed by atoms with Gasteiger partial charge in [0.25, 0.3) is 0 Å². The van der Waals surface area contributed by atoms with E-state index >= 15 is 0 Å². The van der Waals surface area contributed by atoms with Crippen molar-refractivity contribution in [1.29, 1.82) is 0 Å². The number of benzene rings is 1. The van der Waals surface area contributed by atoms with Crippen LogP contribution in [0.15, 0.2) is 24.3 Å². The van der Waals surface area contributed by atoms with Gasteiger partial charge in [0.2, 0.25) is 5.91 Å². The van der Waals surface area contributed by atoms with Crippen molar-refractivity contribution >= 4 is 23.5 Å². The predicted octanol–water partition coefficient (Wildman–Crippen LogP) is 2.06. The molecule has 2 fully saturated rings. The van der Waals surface area contributed by atoms with Crippen LogP contribution in [0.3, 0.4) is 0 Å². The molecule has 2 aliphatic heterocycles. The Morgan fingerprint density at radius 3 is 1.79 bits per heavy atom. The summed E-state index contributed by atoms with van der Waals surface area (Å²) in [4.78, 5) is 40.5. The van der Waals surface area contributed by atoms with Crippen LogP contribution < -0.4 is 4.90 Å². The lowest BCUT2D eigenvalue weighted by molar-refractivity contribution is -0.159. The number of hydrogen-bond donors (Lipinski definition) is 2. The third-order valence-corrected chi connectivity index (χ3v) is 6.72. The molecule has 0 unspecified atom stereocenters. The Morgan fingerprint density at radius 2 is 1.35 bits per heavy atom. The van der Waals surface area contributed by atoms with E-state index in [-0.39, 0.29) is 5.92 Å². The van der Waals surface area contributed by atoms with Gasteiger partial charge in [0.05, 0.1) is 0 Å². The molecular formula is C25H40N4O5. The lowest BCUT2D eigenvalue weighted by atomic mass is 9.94. The highest BCUT2D eigenvalue weighted by molar-refractivity contribution is 6.27. The van der Waals surface area contributed by atoms with Crippen molar-refractivity contribution < 1.29 is 24.6 Å². The first kappa shape index (κ1) is 27.6. The molecule has 3 rings (SSSR count). The number of hydrogen-bond acceptors (Lipinski definition) is 6. The first-order valence-electron chi connectivity index (χ1n) is 12.3.